The second-order valence-corrected chi connectivity index (χ2v) is 4.07. The molecule has 0 rings (SSSR count). The van der Waals surface area contributed by atoms with E-state index in [1.54, 1.807) is 0 Å². The van der Waals surface area contributed by atoms with E-state index >= 15 is 0 Å². The molecule has 0 saturated carbocycles. The van der Waals surface area contributed by atoms with Gasteiger partial charge in [0, 0.05) is 13.5 Å². The fourth-order valence-electron chi connectivity index (χ4n) is 0.632. The van der Waals surface area contributed by atoms with Crippen LogP contribution in [-0.2, 0) is 18.4 Å². The van der Waals surface area contributed by atoms with Gasteiger partial charge in [0.2, 0.25) is 5.91 Å². The van der Waals surface area contributed by atoms with E-state index in [-0.39, 0.29) is 25.7 Å². The summed E-state index contributed by atoms with van der Waals surface area (Å²) in [5, 5.41) is 2.42. The molecule has 0 aromatic heterocycles. The first kappa shape index (κ1) is 13.6. The Balaban J connectivity index is 3.55. The van der Waals surface area contributed by atoms with Gasteiger partial charge in [-0.3, -0.25) is 13.8 Å². The van der Waals surface area contributed by atoms with E-state index in [1.807, 2.05) is 6.92 Å². The lowest BCUT2D eigenvalue weighted by Crippen LogP contribution is -2.24. The Hall–Kier alpha value is -0.420. The number of hydrogen-bond acceptors (Lipinski definition) is 4. The first-order valence-electron chi connectivity index (χ1n) is 4.34. The average molecular weight is 225 g/mol. The quantitative estimate of drug-likeness (QED) is 0.491. The van der Waals surface area contributed by atoms with Crippen molar-refractivity contribution < 1.29 is 23.3 Å². The highest BCUT2D eigenvalue weighted by atomic mass is 31.2. The Morgan fingerprint density at radius 2 is 2.00 bits per heavy atom. The van der Waals surface area contributed by atoms with Crippen LogP contribution in [0.25, 0.3) is 0 Å². The van der Waals surface area contributed by atoms with Crippen LogP contribution in [0.3, 0.4) is 0 Å². The minimum absolute atomic E-state index is 0.0446. The third-order valence-corrected chi connectivity index (χ3v) is 2.21. The van der Waals surface area contributed by atoms with Gasteiger partial charge in [0.05, 0.1) is 13.2 Å². The number of carbonyl (C=O) groups is 1. The van der Waals surface area contributed by atoms with Gasteiger partial charge < -0.3 is 10.2 Å². The van der Waals surface area contributed by atoms with Crippen LogP contribution < -0.4 is 5.32 Å². The summed E-state index contributed by atoms with van der Waals surface area (Å²) in [4.78, 5) is 19.4. The molecular weight excluding hydrogens is 209 g/mol. The fraction of sp³-hybridized carbons (Fsp3) is 0.857. The summed E-state index contributed by atoms with van der Waals surface area (Å²) < 4.78 is 20.1. The molecule has 0 bridgehead atoms. The maximum atomic E-state index is 11.0. The molecular formula is C7H16NO5P. The molecule has 0 radical (unpaired) electrons. The van der Waals surface area contributed by atoms with Crippen molar-refractivity contribution in [2.75, 3.05) is 19.8 Å². The first-order chi connectivity index (χ1) is 6.48. The van der Waals surface area contributed by atoms with E-state index in [0.29, 0.717) is 6.42 Å². The smallest absolute Gasteiger partial charge is 0.354 e. The zero-order valence-corrected chi connectivity index (χ0v) is 9.25. The van der Waals surface area contributed by atoms with Crippen molar-refractivity contribution in [2.45, 2.75) is 20.3 Å². The number of nitrogens with one attached hydrogen (secondary N) is 1. The monoisotopic (exact) mass is 225 g/mol. The summed E-state index contributed by atoms with van der Waals surface area (Å²) in [6.07, 6.45) is 0.638. The second-order valence-electron chi connectivity index (χ2n) is 2.62. The standard InChI is InChI=1S/C7H16NO5P/c1-3-5-12-14(10,11)13-6-4-8-7(2)9/h3-6H2,1-2H3,(H,8,9)(H,10,11). The van der Waals surface area contributed by atoms with Crippen molar-refractivity contribution >= 4 is 13.7 Å². The lowest BCUT2D eigenvalue weighted by Gasteiger charge is -2.11. The van der Waals surface area contributed by atoms with E-state index in [2.05, 4.69) is 14.4 Å². The van der Waals surface area contributed by atoms with Crippen LogP contribution in [0.5, 0.6) is 0 Å². The third-order valence-electron chi connectivity index (χ3n) is 1.19. The lowest BCUT2D eigenvalue weighted by atomic mass is 10.5. The van der Waals surface area contributed by atoms with Crippen molar-refractivity contribution in [1.29, 1.82) is 0 Å². The predicted octanol–water partition coefficient (Wildman–Crippen LogP) is 0.666. The number of phosphoric acid groups is 1. The maximum absolute atomic E-state index is 11.0. The lowest BCUT2D eigenvalue weighted by molar-refractivity contribution is -0.119. The molecule has 0 fully saturated rings. The van der Waals surface area contributed by atoms with Crippen LogP contribution in [0.4, 0.5) is 0 Å². The summed E-state index contributed by atoms with van der Waals surface area (Å²) in [6.45, 7) is 3.49. The molecule has 1 amide bonds. The Kier molecular flexibility index (Phi) is 6.74. The van der Waals surface area contributed by atoms with E-state index in [9.17, 15) is 9.36 Å². The van der Waals surface area contributed by atoms with Gasteiger partial charge in [-0.05, 0) is 6.42 Å². The van der Waals surface area contributed by atoms with Gasteiger partial charge >= 0.3 is 7.82 Å². The third kappa shape index (κ3) is 8.19. The predicted molar refractivity (Wildman–Crippen MR) is 50.7 cm³/mol. The molecule has 1 atom stereocenters. The summed E-state index contributed by atoms with van der Waals surface area (Å²) >= 11 is 0. The van der Waals surface area contributed by atoms with E-state index in [0.717, 1.165) is 0 Å². The zero-order chi connectivity index (χ0) is 11.0. The Bertz CT molecular complexity index is 220. The summed E-state index contributed by atoms with van der Waals surface area (Å²) in [5.74, 6) is -0.212. The average Bonchev–Trinajstić information content (AvgIpc) is 2.09. The highest BCUT2D eigenvalue weighted by molar-refractivity contribution is 7.47. The van der Waals surface area contributed by atoms with E-state index in [4.69, 9.17) is 4.89 Å². The van der Waals surface area contributed by atoms with Gasteiger partial charge in [-0.25, -0.2) is 4.57 Å². The molecule has 2 N–H and O–H groups in total. The van der Waals surface area contributed by atoms with Gasteiger partial charge in [-0.2, -0.15) is 0 Å². The number of amides is 1. The molecule has 0 heterocycles. The molecule has 0 aliphatic rings. The Labute approximate surface area is 83.2 Å². The van der Waals surface area contributed by atoms with Crippen LogP contribution in [-0.4, -0.2) is 30.6 Å². The second kappa shape index (κ2) is 6.95. The molecule has 6 nitrogen and oxygen atoms in total. The zero-order valence-electron chi connectivity index (χ0n) is 8.36. The molecule has 0 saturated heterocycles. The molecule has 14 heavy (non-hydrogen) atoms. The number of phosphoric ester groups is 1. The molecule has 7 heteroatoms. The van der Waals surface area contributed by atoms with Crippen molar-refractivity contribution in [3.05, 3.63) is 0 Å². The molecule has 0 spiro atoms. The topological polar surface area (TPSA) is 84.9 Å². The Morgan fingerprint density at radius 1 is 1.43 bits per heavy atom. The van der Waals surface area contributed by atoms with Gasteiger partial charge in [-0.15, -0.1) is 0 Å². The SMILES string of the molecule is CCCOP(=O)(O)OCCNC(C)=O. The molecule has 0 aliphatic heterocycles. The van der Waals surface area contributed by atoms with Gasteiger partial charge in [0.1, 0.15) is 0 Å². The van der Waals surface area contributed by atoms with Crippen LogP contribution in [0.15, 0.2) is 0 Å². The van der Waals surface area contributed by atoms with E-state index < -0.39 is 7.82 Å². The minimum atomic E-state index is -3.92. The van der Waals surface area contributed by atoms with Gasteiger partial charge in [0.15, 0.2) is 0 Å². The largest absolute Gasteiger partial charge is 0.472 e. The molecule has 0 aromatic carbocycles. The van der Waals surface area contributed by atoms with Crippen molar-refractivity contribution in [3.8, 4) is 0 Å². The normalized spacial score (nSPS) is 14.8. The maximum Gasteiger partial charge on any atom is 0.472 e. The number of carbonyl (C=O) groups excluding carboxylic acids is 1. The number of hydrogen-bond donors (Lipinski definition) is 2. The highest BCUT2D eigenvalue weighted by Crippen LogP contribution is 2.42. The van der Waals surface area contributed by atoms with E-state index in [1.165, 1.54) is 6.92 Å². The fourth-order valence-corrected chi connectivity index (χ4v) is 1.44. The number of rotatable bonds is 7. The van der Waals surface area contributed by atoms with Crippen molar-refractivity contribution in [1.82, 2.24) is 5.32 Å². The van der Waals surface area contributed by atoms with Crippen molar-refractivity contribution in [3.63, 3.8) is 0 Å². The molecule has 84 valence electrons. The minimum Gasteiger partial charge on any atom is -0.354 e. The van der Waals surface area contributed by atoms with Crippen LogP contribution in [0.2, 0.25) is 0 Å². The molecule has 0 aliphatic carbocycles. The molecule has 0 aromatic rings. The summed E-state index contributed by atoms with van der Waals surface area (Å²) in [5.41, 5.74) is 0. The van der Waals surface area contributed by atoms with Crippen LogP contribution >= 0.6 is 7.82 Å². The van der Waals surface area contributed by atoms with Crippen LogP contribution in [0, 0.1) is 0 Å². The summed E-state index contributed by atoms with van der Waals surface area (Å²) in [7, 11) is -3.92. The van der Waals surface area contributed by atoms with Crippen molar-refractivity contribution in [2.24, 2.45) is 0 Å². The molecule has 1 unspecified atom stereocenters. The first-order valence-corrected chi connectivity index (χ1v) is 5.84. The summed E-state index contributed by atoms with van der Waals surface area (Å²) in [6, 6.07) is 0. The van der Waals surface area contributed by atoms with Gasteiger partial charge in [-0.1, -0.05) is 6.92 Å². The van der Waals surface area contributed by atoms with Crippen LogP contribution in [0.1, 0.15) is 20.3 Å². The highest BCUT2D eigenvalue weighted by Gasteiger charge is 2.19. The van der Waals surface area contributed by atoms with Gasteiger partial charge in [0.25, 0.3) is 0 Å². The Morgan fingerprint density at radius 3 is 2.50 bits per heavy atom.